The fourth-order valence-electron chi connectivity index (χ4n) is 8.25. The van der Waals surface area contributed by atoms with Crippen LogP contribution < -0.4 is 11.1 Å². The van der Waals surface area contributed by atoms with Crippen molar-refractivity contribution in [1.29, 1.82) is 0 Å². The molecule has 0 aromatic rings. The van der Waals surface area contributed by atoms with Gasteiger partial charge in [0.05, 0.1) is 5.92 Å². The van der Waals surface area contributed by atoms with Crippen molar-refractivity contribution in [3.63, 3.8) is 0 Å². The Hall–Kier alpha value is -1.34. The van der Waals surface area contributed by atoms with Gasteiger partial charge in [-0.15, -0.1) is 0 Å². The van der Waals surface area contributed by atoms with Crippen LogP contribution in [0.4, 0.5) is 4.79 Å². The van der Waals surface area contributed by atoms with Crippen molar-refractivity contribution in [2.45, 2.75) is 89.7 Å². The van der Waals surface area contributed by atoms with Crippen LogP contribution in [0.1, 0.15) is 78.1 Å². The molecule has 0 spiro atoms. The van der Waals surface area contributed by atoms with Gasteiger partial charge in [-0.3, -0.25) is 4.79 Å². The highest BCUT2D eigenvalue weighted by molar-refractivity contribution is 5.72. The maximum Gasteiger partial charge on any atom is 0.407 e. The molecule has 0 radical (unpaired) electrons. The Bertz CT molecular complexity index is 716. The van der Waals surface area contributed by atoms with Crippen molar-refractivity contribution in [1.82, 2.24) is 5.32 Å². The molecule has 0 saturated heterocycles. The number of aliphatic hydroxyl groups is 1. The molecule has 7 heteroatoms. The van der Waals surface area contributed by atoms with Gasteiger partial charge in [0, 0.05) is 18.7 Å². The summed E-state index contributed by atoms with van der Waals surface area (Å²) in [6, 6.07) is 0. The van der Waals surface area contributed by atoms with Crippen molar-refractivity contribution in [3.05, 3.63) is 0 Å². The lowest BCUT2D eigenvalue weighted by Gasteiger charge is -2.64. The van der Waals surface area contributed by atoms with Crippen LogP contribution in [0.15, 0.2) is 0 Å². The molecule has 3 unspecified atom stereocenters. The highest BCUT2D eigenvalue weighted by atomic mass is 16.6. The van der Waals surface area contributed by atoms with Gasteiger partial charge in [-0.2, -0.15) is 0 Å². The van der Waals surface area contributed by atoms with E-state index in [1.807, 2.05) is 0 Å². The van der Waals surface area contributed by atoms with Gasteiger partial charge in [0.15, 0.2) is 0 Å². The zero-order valence-electron chi connectivity index (χ0n) is 19.1. The van der Waals surface area contributed by atoms with Crippen LogP contribution in [0.25, 0.3) is 0 Å². The largest absolute Gasteiger partial charge is 0.481 e. The first-order valence-electron chi connectivity index (χ1n) is 12.2. The summed E-state index contributed by atoms with van der Waals surface area (Å²) in [7, 11) is 0. The molecule has 0 bridgehead atoms. The number of hydrogen-bond acceptors (Lipinski definition) is 5. The number of nitrogens with one attached hydrogen (secondary N) is 1. The summed E-state index contributed by atoms with van der Waals surface area (Å²) in [5.41, 5.74) is 6.65. The number of carboxylic acid groups (broad SMARTS) is 1. The fourth-order valence-corrected chi connectivity index (χ4v) is 8.25. The summed E-state index contributed by atoms with van der Waals surface area (Å²) >= 11 is 0. The van der Waals surface area contributed by atoms with Crippen LogP contribution in [-0.4, -0.2) is 47.1 Å². The predicted molar refractivity (Wildman–Crippen MR) is 116 cm³/mol. The first kappa shape index (κ1) is 22.8. The average Bonchev–Trinajstić information content (AvgIpc) is 3.00. The molecule has 8 atom stereocenters. The van der Waals surface area contributed by atoms with Gasteiger partial charge in [-0.1, -0.05) is 13.8 Å². The minimum atomic E-state index is -0.678. The molecule has 0 heterocycles. The Balaban J connectivity index is 1.45. The lowest BCUT2D eigenvalue weighted by molar-refractivity contribution is -0.157. The van der Waals surface area contributed by atoms with Gasteiger partial charge in [0.25, 0.3) is 0 Å². The minimum Gasteiger partial charge on any atom is -0.481 e. The Labute approximate surface area is 185 Å². The van der Waals surface area contributed by atoms with Crippen LogP contribution in [0.3, 0.4) is 0 Å². The van der Waals surface area contributed by atoms with E-state index in [0.29, 0.717) is 37.1 Å². The molecule has 0 aromatic heterocycles. The smallest absolute Gasteiger partial charge is 0.407 e. The van der Waals surface area contributed by atoms with Crippen LogP contribution in [0.2, 0.25) is 0 Å². The number of nitrogens with two attached hydrogens (primary N) is 1. The quantitative estimate of drug-likeness (QED) is 0.491. The summed E-state index contributed by atoms with van der Waals surface area (Å²) in [5.74, 6) is 0.426. The summed E-state index contributed by atoms with van der Waals surface area (Å²) in [5, 5.41) is 21.4. The van der Waals surface area contributed by atoms with E-state index in [4.69, 9.17) is 15.6 Å². The van der Waals surface area contributed by atoms with Crippen LogP contribution in [-0.2, 0) is 9.53 Å². The van der Waals surface area contributed by atoms with E-state index in [2.05, 4.69) is 19.2 Å². The monoisotopic (exact) mass is 436 g/mol. The summed E-state index contributed by atoms with van der Waals surface area (Å²) < 4.78 is 5.69. The third kappa shape index (κ3) is 3.56. The molecule has 4 aliphatic rings. The number of carbonyl (C=O) groups is 2. The second kappa shape index (κ2) is 8.22. The zero-order chi connectivity index (χ0) is 22.4. The summed E-state index contributed by atoms with van der Waals surface area (Å²) in [4.78, 5) is 24.0. The number of fused-ring (bicyclic) bond motifs is 5. The van der Waals surface area contributed by atoms with Gasteiger partial charge in [-0.25, -0.2) is 4.79 Å². The molecular formula is C24H40N2O5. The van der Waals surface area contributed by atoms with E-state index in [-0.39, 0.29) is 41.1 Å². The third-order valence-electron chi connectivity index (χ3n) is 10.1. The SMILES string of the molecule is C[C@]12CCC(OC(=O)NCCCO)CC1CC[C@@H]1[C@H]2CC[C@]2(C)C(C(=O)O)CC[C@@]12N. The topological polar surface area (TPSA) is 122 Å². The second-order valence-corrected chi connectivity index (χ2v) is 11.2. The van der Waals surface area contributed by atoms with Gasteiger partial charge >= 0.3 is 12.1 Å². The Morgan fingerprint density at radius 3 is 2.55 bits per heavy atom. The van der Waals surface area contributed by atoms with E-state index >= 15 is 0 Å². The number of aliphatic hydroxyl groups excluding tert-OH is 1. The maximum absolute atomic E-state index is 12.1. The number of carbonyl (C=O) groups excluding carboxylic acids is 1. The Morgan fingerprint density at radius 2 is 1.84 bits per heavy atom. The number of alkyl carbamates (subject to hydrolysis) is 1. The van der Waals surface area contributed by atoms with Gasteiger partial charge in [0.2, 0.25) is 0 Å². The average molecular weight is 437 g/mol. The number of aliphatic carboxylic acids is 1. The van der Waals surface area contributed by atoms with E-state index in [1.165, 1.54) is 0 Å². The molecule has 1 amide bonds. The summed E-state index contributed by atoms with van der Waals surface area (Å²) in [6.45, 7) is 5.05. The molecule has 4 rings (SSSR count). The van der Waals surface area contributed by atoms with Crippen molar-refractivity contribution >= 4 is 12.1 Å². The van der Waals surface area contributed by atoms with Gasteiger partial charge in [0.1, 0.15) is 6.10 Å². The normalized spacial score (nSPS) is 46.4. The molecule has 31 heavy (non-hydrogen) atoms. The fraction of sp³-hybridized carbons (Fsp3) is 0.917. The Kier molecular flexibility index (Phi) is 6.05. The Morgan fingerprint density at radius 1 is 1.06 bits per heavy atom. The van der Waals surface area contributed by atoms with Gasteiger partial charge in [-0.05, 0) is 92.8 Å². The molecule has 0 aromatic carbocycles. The number of carboxylic acids is 1. The molecule has 4 fully saturated rings. The van der Waals surface area contributed by atoms with Gasteiger partial charge < -0.3 is 26.0 Å². The van der Waals surface area contributed by atoms with Crippen LogP contribution in [0.5, 0.6) is 0 Å². The maximum atomic E-state index is 12.1. The highest BCUT2D eigenvalue weighted by Crippen LogP contribution is 2.68. The van der Waals surface area contributed by atoms with Crippen molar-refractivity contribution < 1.29 is 24.5 Å². The lowest BCUT2D eigenvalue weighted by atomic mass is 9.42. The molecule has 7 nitrogen and oxygen atoms in total. The molecule has 176 valence electrons. The number of ether oxygens (including phenoxy) is 1. The number of hydrogen-bond donors (Lipinski definition) is 4. The van der Waals surface area contributed by atoms with Crippen molar-refractivity contribution in [3.8, 4) is 0 Å². The second-order valence-electron chi connectivity index (χ2n) is 11.2. The minimum absolute atomic E-state index is 0.0488. The molecule has 4 saturated carbocycles. The van der Waals surface area contributed by atoms with Crippen molar-refractivity contribution in [2.24, 2.45) is 40.2 Å². The standard InChI is InChI=1S/C24H40N2O5/c1-22-9-6-16(31-21(30)26-12-3-13-27)14-15(22)4-5-18-17(22)7-10-23(2)19(20(28)29)8-11-24(18,23)25/h15-19,27H,3-14,25H2,1-2H3,(H,26,30)(H,28,29)/t15?,16?,17-,18-,19?,22+,23-,24-/m1/s1. The van der Waals surface area contributed by atoms with E-state index in [1.54, 1.807) is 0 Å². The van der Waals surface area contributed by atoms with E-state index in [0.717, 1.165) is 51.4 Å². The predicted octanol–water partition coefficient (Wildman–Crippen LogP) is 3.29. The van der Waals surface area contributed by atoms with E-state index < -0.39 is 5.97 Å². The van der Waals surface area contributed by atoms with Crippen molar-refractivity contribution in [2.75, 3.05) is 13.2 Å². The highest BCUT2D eigenvalue weighted by Gasteiger charge is 2.67. The number of amides is 1. The molecule has 5 N–H and O–H groups in total. The molecule has 4 aliphatic carbocycles. The lowest BCUT2D eigenvalue weighted by Crippen LogP contribution is -2.66. The first-order valence-corrected chi connectivity index (χ1v) is 12.2. The molecular weight excluding hydrogens is 396 g/mol. The van der Waals surface area contributed by atoms with E-state index in [9.17, 15) is 14.7 Å². The summed E-state index contributed by atoms with van der Waals surface area (Å²) in [6.07, 6.45) is 8.53. The van der Waals surface area contributed by atoms with Crippen LogP contribution >= 0.6 is 0 Å². The number of rotatable bonds is 5. The van der Waals surface area contributed by atoms with Crippen LogP contribution in [0, 0.1) is 34.5 Å². The molecule has 0 aliphatic heterocycles. The third-order valence-corrected chi connectivity index (χ3v) is 10.1. The zero-order valence-corrected chi connectivity index (χ0v) is 19.1. The first-order chi connectivity index (χ1) is 14.7.